The lowest BCUT2D eigenvalue weighted by Crippen LogP contribution is -2.50. The first-order chi connectivity index (χ1) is 59.0. The largest absolute Gasteiger partial charge is 0.406 e. The second-order valence-corrected chi connectivity index (χ2v) is 34.5. The minimum atomic E-state index is -4.81. The van der Waals surface area contributed by atoms with E-state index in [2.05, 4.69) is 52.5 Å². The molecule has 3 aromatic carbocycles. The lowest BCUT2D eigenvalue weighted by atomic mass is 9.86. The summed E-state index contributed by atoms with van der Waals surface area (Å²) in [5.41, 5.74) is 5.60. The summed E-state index contributed by atoms with van der Waals surface area (Å²) in [7, 11) is 1.51. The third-order valence-electron chi connectivity index (χ3n) is 24.7. The Hall–Kier alpha value is -11.2. The average Bonchev–Trinajstić information content (AvgIpc) is 1.55. The van der Waals surface area contributed by atoms with Crippen LogP contribution in [0, 0.1) is 88.0 Å². The number of likely N-dealkylation sites (N-methyl/N-ethyl adjacent to an activating group) is 1. The number of carbonyl (C=O) groups is 9. The van der Waals surface area contributed by atoms with Crippen LogP contribution in [0.5, 0.6) is 0 Å². The van der Waals surface area contributed by atoms with Crippen LogP contribution in [-0.2, 0) is 35.3 Å². The highest BCUT2D eigenvalue weighted by Gasteiger charge is 2.62. The zero-order valence-corrected chi connectivity index (χ0v) is 70.2. The van der Waals surface area contributed by atoms with E-state index in [4.69, 9.17) is 5.73 Å². The van der Waals surface area contributed by atoms with Gasteiger partial charge in [0.05, 0.1) is 52.5 Å². The van der Waals surface area contributed by atoms with Crippen LogP contribution in [-0.4, -0.2) is 164 Å². The summed E-state index contributed by atoms with van der Waals surface area (Å²) in [6, 6.07) is 7.90. The number of aromatic nitrogens is 6. The van der Waals surface area contributed by atoms with E-state index in [0.29, 0.717) is 74.7 Å². The molecule has 6 aliphatic carbocycles. The molecule has 39 heteroatoms. The molecule has 12 rings (SSSR count). The fourth-order valence-corrected chi connectivity index (χ4v) is 17.8. The van der Waals surface area contributed by atoms with E-state index in [1.807, 2.05) is 6.07 Å². The van der Waals surface area contributed by atoms with Crippen LogP contribution < -0.4 is 53.6 Å². The summed E-state index contributed by atoms with van der Waals surface area (Å²) < 4.78 is 174. The molecule has 27 nitrogen and oxygen atoms in total. The number of allylic oxidation sites excluding steroid dienone is 1. The molecule has 674 valence electrons. The number of benzene rings is 3. The van der Waals surface area contributed by atoms with Crippen molar-refractivity contribution < 1.29 is 95.8 Å². The van der Waals surface area contributed by atoms with Crippen LogP contribution in [0.15, 0.2) is 90.4 Å². The summed E-state index contributed by atoms with van der Waals surface area (Å²) in [5.74, 6) is -18.5. The molecule has 6 aromatic rings. The van der Waals surface area contributed by atoms with Gasteiger partial charge in [0.25, 0.3) is 23.6 Å². The van der Waals surface area contributed by atoms with Gasteiger partial charge in [0.1, 0.15) is 72.3 Å². The predicted octanol–water partition coefficient (Wildman–Crippen LogP) is 12.1. The van der Waals surface area contributed by atoms with Crippen LogP contribution in [0.25, 0.3) is 0 Å². The van der Waals surface area contributed by atoms with Crippen LogP contribution in [0.4, 0.5) is 69.7 Å². The number of anilines is 3. The number of rotatable bonds is 39. The molecule has 3 aromatic heterocycles. The van der Waals surface area contributed by atoms with Gasteiger partial charge in [-0.1, -0.05) is 11.6 Å². The van der Waals surface area contributed by atoms with E-state index >= 15 is 27.6 Å². The van der Waals surface area contributed by atoms with E-state index in [-0.39, 0.29) is 124 Å². The van der Waals surface area contributed by atoms with Crippen molar-refractivity contribution >= 4 is 70.2 Å². The molecule has 125 heavy (non-hydrogen) atoms. The Kier molecular flexibility index (Phi) is 28.2. The molecule has 0 spiro atoms. The molecule has 6 saturated carbocycles. The molecule has 15 atom stereocenters. The number of nitrogens with zero attached hydrogens (tertiary/aromatic N) is 8. The highest BCUT2D eigenvalue weighted by atomic mass is 19.4. The van der Waals surface area contributed by atoms with Gasteiger partial charge in [0.2, 0.25) is 29.5 Å². The fourth-order valence-electron chi connectivity index (χ4n) is 17.8. The second kappa shape index (κ2) is 37.9. The molecule has 6 fully saturated rings. The molecule has 3 heterocycles. The lowest BCUT2D eigenvalue weighted by molar-refractivity contribution is -0.161. The topological polar surface area (TPSA) is 368 Å². The molecular formula is C86H102F12N18O9. The van der Waals surface area contributed by atoms with Crippen LogP contribution in [0.2, 0.25) is 0 Å². The first-order valence-corrected chi connectivity index (χ1v) is 41.9. The van der Waals surface area contributed by atoms with Crippen molar-refractivity contribution in [2.45, 2.75) is 199 Å². The normalized spacial score (nSPS) is 20.6. The van der Waals surface area contributed by atoms with Crippen molar-refractivity contribution in [1.82, 2.24) is 66.1 Å². The van der Waals surface area contributed by atoms with Gasteiger partial charge in [0.15, 0.2) is 0 Å². The molecule has 11 N–H and O–H groups in total. The molecule has 6 aliphatic rings. The van der Waals surface area contributed by atoms with Crippen molar-refractivity contribution in [3.8, 4) is 6.07 Å². The fraction of sp³-hybridized carbons (Fsp3) is 0.547. The number of halogens is 12. The van der Waals surface area contributed by atoms with Crippen molar-refractivity contribution in [3.63, 3.8) is 0 Å². The minimum Gasteiger partial charge on any atom is -0.346 e. The predicted molar refractivity (Wildman–Crippen MR) is 432 cm³/mol. The number of nitrogens with one attached hydrogen (secondary N) is 9. The Labute approximate surface area is 712 Å². The summed E-state index contributed by atoms with van der Waals surface area (Å²) >= 11 is 0. The first kappa shape index (κ1) is 93.0. The Morgan fingerprint density at radius 2 is 1.04 bits per heavy atom. The van der Waals surface area contributed by atoms with Crippen molar-refractivity contribution in [2.24, 2.45) is 64.9 Å². The van der Waals surface area contributed by atoms with E-state index in [1.54, 1.807) is 45.3 Å². The number of hydrogen-bond acceptors (Lipinski definition) is 15. The number of nitrogens with two attached hydrogens (primary N) is 1. The van der Waals surface area contributed by atoms with Gasteiger partial charge in [-0.25, -0.2) is 13.2 Å². The van der Waals surface area contributed by atoms with Crippen LogP contribution >= 0.6 is 0 Å². The van der Waals surface area contributed by atoms with Gasteiger partial charge < -0.3 is 58.5 Å². The van der Waals surface area contributed by atoms with Crippen molar-refractivity contribution in [3.05, 3.63) is 153 Å². The average molecular weight is 1760 g/mol. The van der Waals surface area contributed by atoms with Gasteiger partial charge in [-0.3, -0.25) is 57.2 Å². The Morgan fingerprint density at radius 1 is 0.552 bits per heavy atom. The summed E-state index contributed by atoms with van der Waals surface area (Å²) in [6.45, 7) is 7.25. The van der Waals surface area contributed by atoms with E-state index < -0.39 is 180 Å². The highest BCUT2D eigenvalue weighted by molar-refractivity contribution is 6.04. The van der Waals surface area contributed by atoms with Crippen LogP contribution in [0.3, 0.4) is 0 Å². The third kappa shape index (κ3) is 22.6. The Bertz CT molecular complexity index is 5140. The van der Waals surface area contributed by atoms with Gasteiger partial charge in [-0.15, -0.1) is 0 Å². The van der Waals surface area contributed by atoms with Gasteiger partial charge in [0, 0.05) is 50.3 Å². The highest BCUT2D eigenvalue weighted by Crippen LogP contribution is 2.66. The van der Waals surface area contributed by atoms with Gasteiger partial charge >= 0.3 is 18.5 Å². The SMILES string of the molecule is CNCCN(CC(F)(F)F)C(=O)[C@@H](C)c1ccc(NC(=O)[C@@H](NC(=O)c2ccnn2C(C)C)C(C2CC2)C2CC2CC(C)n2nccc2C(=O)N[C@H](C(=O)Nc2cc(C#N)c([C@H](C)C(=O)NCC(F)(F)F)cc2F)C(=C2CC2)C2CC2C2CC2C(C2CC2)[C@H](NC(=O)c2ccnn2C(C)C)C(=O)Nc2cc(CN)c([C@H](C)C(=O)NCC(F)(F)F)cc2F)c(F)c1. The molecule has 9 amide bonds. The molecule has 0 aliphatic heterocycles. The summed E-state index contributed by atoms with van der Waals surface area (Å²) in [5, 5.41) is 46.5. The third-order valence-corrected chi connectivity index (χ3v) is 24.7. The first-order valence-electron chi connectivity index (χ1n) is 41.9. The lowest BCUT2D eigenvalue weighted by Gasteiger charge is -2.29. The number of carbonyl (C=O) groups excluding carboxylic acids is 9. The van der Waals surface area contributed by atoms with Crippen LogP contribution in [0.1, 0.15) is 215 Å². The quantitative estimate of drug-likeness (QED) is 0.0127. The maximum Gasteiger partial charge on any atom is 0.406 e. The Balaban J connectivity index is 0.811. The molecular weight excluding hydrogens is 1660 g/mol. The van der Waals surface area contributed by atoms with Gasteiger partial charge in [-0.05, 0) is 268 Å². The standard InChI is InChI=1S/C86H102F12N18O9/c1-40(2)114-66(18-21-104-114)77(119)110-72(80(122)107-63-17-16-49(28-60(63)87)43(6)83(125)113(25-24-101-9)39-86(96,97)98)69(46-10-11-46)55-27-50(55)26-42(5)116-68(20-23-106-116)79(121)112-74(82(124)109-65-30-52(36-100)54(34-62(65)89)45(8)76(118)103-38-85(93,94)95)71(48-14-15-48)59-32-57(59)56-31-58(56)70(47-12-13-47)73(111-78(120)67-19-22-105-115(67)41(3)4)81(123)108-64-29-51(35-99)53(33-61(64)88)44(7)75(117)102-37-84(90,91)92/h16-23,28-30,33-34,40-47,50,55-59,69-70,72-74,101H,10-15,24-27,31-32,35,37-39,99H2,1-9H3,(H,102,117)(H,103,118)(H,107,122)(H,108,123)(H,109,124)(H,110,119)(H,111,120)(H,112,121)/t42?,43-,44-,45-,50?,55?,56?,57?,58?,59?,69?,70?,72-,73-,74-/m0/s1. The summed E-state index contributed by atoms with van der Waals surface area (Å²) in [6.07, 6.45) is -4.86. The van der Waals surface area contributed by atoms with E-state index in [1.165, 1.54) is 89.9 Å². The maximum absolute atomic E-state index is 16.7. The summed E-state index contributed by atoms with van der Waals surface area (Å²) in [4.78, 5) is 130. The minimum absolute atomic E-state index is 0.0313. The van der Waals surface area contributed by atoms with Crippen molar-refractivity contribution in [2.75, 3.05) is 55.7 Å². The van der Waals surface area contributed by atoms with Crippen molar-refractivity contribution in [1.29, 1.82) is 5.26 Å². The Morgan fingerprint density at radius 3 is 1.54 bits per heavy atom. The number of nitriles is 1. The molecule has 9 unspecified atom stereocenters. The van der Waals surface area contributed by atoms with Gasteiger partial charge in [-0.2, -0.15) is 60.1 Å². The van der Waals surface area contributed by atoms with E-state index in [0.717, 1.165) is 36.8 Å². The number of hydrogen-bond donors (Lipinski definition) is 10. The molecule has 0 radical (unpaired) electrons. The zero-order chi connectivity index (χ0) is 90.9. The number of amides is 9. The zero-order valence-electron chi connectivity index (χ0n) is 70.2. The van der Waals surface area contributed by atoms with E-state index in [9.17, 15) is 73.5 Å². The molecule has 0 bridgehead atoms. The smallest absolute Gasteiger partial charge is 0.346 e. The monoisotopic (exact) mass is 1760 g/mol. The second-order valence-electron chi connectivity index (χ2n) is 34.5. The molecule has 0 saturated heterocycles. The maximum atomic E-state index is 16.7. The number of alkyl halides is 9.